The Morgan fingerprint density at radius 3 is 2.27 bits per heavy atom. The van der Waals surface area contributed by atoms with Crippen LogP contribution in [0.4, 0.5) is 30.8 Å². The maximum atomic E-state index is 12.7. The Hall–Kier alpha value is -2.40. The zero-order valence-electron chi connectivity index (χ0n) is 15.9. The molecule has 0 saturated heterocycles. The van der Waals surface area contributed by atoms with Gasteiger partial charge in [-0.2, -0.15) is 0 Å². The summed E-state index contributed by atoms with van der Waals surface area (Å²) in [5.41, 5.74) is -0.110. The number of carbonyl (C=O) groups excluding carboxylic acids is 1. The van der Waals surface area contributed by atoms with Crippen LogP contribution >= 0.6 is 11.6 Å². The standard InChI is InChI=1S/C17H10ClF3N5O.2CH3.Sn/c18-12-2-1-3-13(8-12)24-15-22-9-23-16(26-15)25-14(27)10-4-6-11(7-5-10)17(19,20)21;;;/h1-8H,(H2,22,23,24,25,26,27);2*1H3;. The number of nitrogens with one attached hydrogen (secondary N) is 2. The van der Waals surface area contributed by atoms with E-state index in [2.05, 4.69) is 35.5 Å². The summed E-state index contributed by atoms with van der Waals surface area (Å²) in [6, 6.07) is 10.9. The fraction of sp³-hybridized carbons (Fsp3) is 0.158. The van der Waals surface area contributed by atoms with Gasteiger partial charge in [-0.05, 0) is 0 Å². The summed E-state index contributed by atoms with van der Waals surface area (Å²) in [5.74, 6) is -0.352. The molecule has 0 spiro atoms. The van der Waals surface area contributed by atoms with Crippen molar-refractivity contribution in [2.75, 3.05) is 10.6 Å². The Morgan fingerprint density at radius 1 is 1.00 bits per heavy atom. The number of anilines is 3. The van der Waals surface area contributed by atoms with Crippen LogP contribution in [0, 0.1) is 0 Å². The van der Waals surface area contributed by atoms with Gasteiger partial charge in [0, 0.05) is 0 Å². The molecule has 3 aromatic rings. The molecule has 1 heterocycles. The Kier molecular flexibility index (Phi) is 6.81. The quantitative estimate of drug-likeness (QED) is 0.465. The summed E-state index contributed by atoms with van der Waals surface area (Å²) in [5, 5.41) is 6.09. The molecular formula is C19H16ClF3N5OSn. The number of hydrogen-bond acceptors (Lipinski definition) is 5. The van der Waals surface area contributed by atoms with Crippen LogP contribution in [0.3, 0.4) is 0 Å². The van der Waals surface area contributed by atoms with Crippen molar-refractivity contribution in [2.24, 2.45) is 0 Å². The Morgan fingerprint density at radius 2 is 1.67 bits per heavy atom. The number of halogens is 4. The molecule has 0 aliphatic rings. The van der Waals surface area contributed by atoms with Gasteiger partial charge < -0.3 is 0 Å². The number of nitrogens with zero attached hydrogens (tertiary/aromatic N) is 3. The van der Waals surface area contributed by atoms with Crippen molar-refractivity contribution in [2.45, 2.75) is 16.1 Å². The first kappa shape index (κ1) is 22.3. The van der Waals surface area contributed by atoms with Crippen molar-refractivity contribution >= 4 is 58.7 Å². The predicted octanol–water partition coefficient (Wildman–Crippen LogP) is 4.50. The zero-order valence-corrected chi connectivity index (χ0v) is 19.5. The van der Waals surface area contributed by atoms with E-state index in [1.54, 1.807) is 24.3 Å². The second kappa shape index (κ2) is 9.17. The molecule has 2 N–H and O–H groups in total. The van der Waals surface area contributed by atoms with Crippen molar-refractivity contribution in [3.63, 3.8) is 0 Å². The van der Waals surface area contributed by atoms with Crippen LogP contribution in [0.15, 0.2) is 48.5 Å². The number of amides is 1. The van der Waals surface area contributed by atoms with Crippen molar-refractivity contribution < 1.29 is 18.0 Å². The summed E-state index contributed by atoms with van der Waals surface area (Å²) in [4.78, 5) is 29.5. The summed E-state index contributed by atoms with van der Waals surface area (Å²) in [6.45, 7) is 0. The fourth-order valence-corrected chi connectivity index (χ4v) is 4.46. The normalized spacial score (nSPS) is 11.4. The van der Waals surface area contributed by atoms with E-state index in [-0.39, 0.29) is 17.5 Å². The van der Waals surface area contributed by atoms with E-state index in [4.69, 9.17) is 11.6 Å². The molecule has 30 heavy (non-hydrogen) atoms. The van der Waals surface area contributed by atoms with Gasteiger partial charge in [-0.1, -0.05) is 0 Å². The van der Waals surface area contributed by atoms with E-state index < -0.39 is 37.4 Å². The Bertz CT molecular complexity index is 1060. The van der Waals surface area contributed by atoms with Crippen molar-refractivity contribution in [3.8, 4) is 0 Å². The van der Waals surface area contributed by atoms with Gasteiger partial charge in [-0.15, -0.1) is 0 Å². The fourth-order valence-electron chi connectivity index (χ4n) is 2.39. The molecule has 0 saturated carbocycles. The molecule has 6 nitrogen and oxygen atoms in total. The van der Waals surface area contributed by atoms with Gasteiger partial charge in [0.2, 0.25) is 0 Å². The summed E-state index contributed by atoms with van der Waals surface area (Å²) in [7, 11) is 0. The summed E-state index contributed by atoms with van der Waals surface area (Å²) < 4.78 is 38.7. The second-order valence-electron chi connectivity index (χ2n) is 6.47. The zero-order chi connectivity index (χ0) is 21.9. The van der Waals surface area contributed by atoms with Gasteiger partial charge in [-0.3, -0.25) is 0 Å². The molecule has 0 aliphatic heterocycles. The first-order valence-corrected chi connectivity index (χ1v) is 16.2. The SMILES string of the molecule is [CH3][Sn]([CH3])[c]1nc(NC(=O)c2ccc(C(F)(F)F)cc2)nc(Nc2cccc(Cl)c2)n1. The van der Waals surface area contributed by atoms with Gasteiger partial charge >= 0.3 is 183 Å². The molecule has 1 amide bonds. The Balaban J connectivity index is 1.84. The maximum absolute atomic E-state index is 12.7. The molecule has 0 bridgehead atoms. The van der Waals surface area contributed by atoms with Crippen LogP contribution in [-0.4, -0.2) is 40.6 Å². The van der Waals surface area contributed by atoms with Crippen molar-refractivity contribution in [1.29, 1.82) is 0 Å². The summed E-state index contributed by atoms with van der Waals surface area (Å²) in [6.07, 6.45) is -4.47. The third kappa shape index (κ3) is 5.82. The molecule has 0 fully saturated rings. The predicted molar refractivity (Wildman–Crippen MR) is 111 cm³/mol. The number of carbonyl (C=O) groups is 1. The van der Waals surface area contributed by atoms with E-state index in [1.807, 2.05) is 0 Å². The second-order valence-corrected chi connectivity index (χ2v) is 13.9. The van der Waals surface area contributed by atoms with Gasteiger partial charge in [0.25, 0.3) is 0 Å². The number of hydrogen-bond donors (Lipinski definition) is 2. The number of alkyl halides is 3. The minimum atomic E-state index is -4.47. The van der Waals surface area contributed by atoms with E-state index >= 15 is 0 Å². The average molecular weight is 542 g/mol. The topological polar surface area (TPSA) is 79.8 Å². The molecule has 1 radical (unpaired) electrons. The van der Waals surface area contributed by atoms with Crippen LogP contribution in [0.1, 0.15) is 15.9 Å². The van der Waals surface area contributed by atoms with E-state index in [1.165, 1.54) is 0 Å². The number of benzene rings is 2. The molecule has 0 unspecified atom stereocenters. The van der Waals surface area contributed by atoms with Crippen LogP contribution in [0.2, 0.25) is 14.9 Å². The van der Waals surface area contributed by atoms with Gasteiger partial charge in [0.05, 0.1) is 0 Å². The van der Waals surface area contributed by atoms with E-state index in [0.29, 0.717) is 14.6 Å². The van der Waals surface area contributed by atoms with Gasteiger partial charge in [0.1, 0.15) is 0 Å². The van der Waals surface area contributed by atoms with Crippen LogP contribution < -0.4 is 14.5 Å². The summed E-state index contributed by atoms with van der Waals surface area (Å²) >= 11 is 3.96. The van der Waals surface area contributed by atoms with E-state index in [9.17, 15) is 18.0 Å². The van der Waals surface area contributed by atoms with Gasteiger partial charge in [0.15, 0.2) is 0 Å². The first-order valence-electron chi connectivity index (χ1n) is 8.69. The van der Waals surface area contributed by atoms with Gasteiger partial charge in [-0.25, -0.2) is 0 Å². The van der Waals surface area contributed by atoms with Crippen LogP contribution in [-0.2, 0) is 6.18 Å². The Labute approximate surface area is 182 Å². The monoisotopic (exact) mass is 542 g/mol. The third-order valence-corrected chi connectivity index (χ3v) is 7.29. The molecule has 3 rings (SSSR count). The minimum absolute atomic E-state index is 0.0243. The molecule has 1 aromatic heterocycles. The van der Waals surface area contributed by atoms with Crippen molar-refractivity contribution in [1.82, 2.24) is 15.0 Å². The molecule has 155 valence electrons. The molecule has 11 heteroatoms. The van der Waals surface area contributed by atoms with Crippen LogP contribution in [0.25, 0.3) is 0 Å². The van der Waals surface area contributed by atoms with E-state index in [0.717, 1.165) is 24.3 Å². The average Bonchev–Trinajstić information content (AvgIpc) is 2.67. The molecular weight excluding hydrogens is 525 g/mol. The first-order chi connectivity index (χ1) is 14.1. The molecule has 0 atom stereocenters. The van der Waals surface area contributed by atoms with Crippen molar-refractivity contribution in [3.05, 3.63) is 64.7 Å². The van der Waals surface area contributed by atoms with Crippen LogP contribution in [0.5, 0.6) is 0 Å². The number of aromatic nitrogens is 3. The number of rotatable bonds is 5. The molecule has 2 aromatic carbocycles. The molecule has 0 aliphatic carbocycles. The third-order valence-electron chi connectivity index (χ3n) is 3.86.